The number of carbonyl (C=O) groups excluding carboxylic acids is 1. The number of carbonyl (C=O) groups is 1. The number of hydrogen-bond acceptors (Lipinski definition) is 5. The third kappa shape index (κ3) is 3.52. The van der Waals surface area contributed by atoms with Crippen LogP contribution in [0.2, 0.25) is 0 Å². The predicted octanol–water partition coefficient (Wildman–Crippen LogP) is 2.80. The largest absolute Gasteiger partial charge is 0.440 e. The summed E-state index contributed by atoms with van der Waals surface area (Å²) in [6.07, 6.45) is -0.305. The Hall–Kier alpha value is -2.52. The minimum atomic E-state index is -4.50. The quantitative estimate of drug-likeness (QED) is 0.882. The van der Waals surface area contributed by atoms with Gasteiger partial charge >= 0.3 is 12.3 Å². The zero-order valence-corrected chi connectivity index (χ0v) is 14.7. The number of ether oxygens (including phenoxy) is 1. The van der Waals surface area contributed by atoms with Crippen LogP contribution in [-0.4, -0.2) is 64.9 Å². The van der Waals surface area contributed by atoms with Gasteiger partial charge < -0.3 is 19.5 Å². The summed E-state index contributed by atoms with van der Waals surface area (Å²) < 4.78 is 41.0. The van der Waals surface area contributed by atoms with Crippen molar-refractivity contribution in [3.8, 4) is 0 Å². The first kappa shape index (κ1) is 17.9. The molecular weight excluding hydrogens is 363 g/mol. The van der Waals surface area contributed by atoms with Gasteiger partial charge in [-0.25, -0.2) is 14.8 Å². The molecule has 2 aromatic rings. The lowest BCUT2D eigenvalue weighted by Crippen LogP contribution is -2.36. The summed E-state index contributed by atoms with van der Waals surface area (Å²) in [4.78, 5) is 27.1. The highest BCUT2D eigenvalue weighted by Crippen LogP contribution is 2.41. The maximum atomic E-state index is 12.2. The topological polar surface area (TPSA) is 74.4 Å². The first-order valence-electron chi connectivity index (χ1n) is 8.81. The number of hydrogen-bond donors (Lipinski definition) is 1. The highest BCUT2D eigenvalue weighted by molar-refractivity contribution is 5.87. The van der Waals surface area contributed by atoms with E-state index in [1.165, 1.54) is 11.2 Å². The van der Waals surface area contributed by atoms with Gasteiger partial charge in [0.25, 0.3) is 0 Å². The minimum absolute atomic E-state index is 0.263. The van der Waals surface area contributed by atoms with Crippen molar-refractivity contribution < 1.29 is 22.7 Å². The highest BCUT2D eigenvalue weighted by Gasteiger charge is 2.44. The van der Waals surface area contributed by atoms with Crippen molar-refractivity contribution in [3.63, 3.8) is 0 Å². The van der Waals surface area contributed by atoms with E-state index in [1.807, 2.05) is 19.3 Å². The van der Waals surface area contributed by atoms with E-state index in [2.05, 4.69) is 24.6 Å². The Kier molecular flexibility index (Phi) is 4.35. The molecule has 1 saturated heterocycles. The van der Waals surface area contributed by atoms with Gasteiger partial charge in [-0.2, -0.15) is 13.2 Å². The fraction of sp³-hybridized carbons (Fsp3) is 0.588. The van der Waals surface area contributed by atoms with Gasteiger partial charge in [0.2, 0.25) is 0 Å². The molecule has 3 atom stereocenters. The predicted molar refractivity (Wildman–Crippen MR) is 91.3 cm³/mol. The summed E-state index contributed by atoms with van der Waals surface area (Å²) in [5.41, 5.74) is 0.781. The van der Waals surface area contributed by atoms with Crippen molar-refractivity contribution in [1.82, 2.24) is 19.9 Å². The number of aromatic nitrogens is 3. The summed E-state index contributed by atoms with van der Waals surface area (Å²) in [6.45, 7) is -0.659. The average molecular weight is 383 g/mol. The highest BCUT2D eigenvalue weighted by atomic mass is 19.4. The van der Waals surface area contributed by atoms with Gasteiger partial charge in [-0.3, -0.25) is 0 Å². The van der Waals surface area contributed by atoms with Crippen LogP contribution in [0.4, 0.5) is 23.8 Å². The number of nitrogens with zero attached hydrogens (tertiary/aromatic N) is 4. The average Bonchev–Trinajstić information content (AvgIpc) is 3.31. The minimum Gasteiger partial charge on any atom is -0.440 e. The molecule has 1 aliphatic carbocycles. The van der Waals surface area contributed by atoms with E-state index in [4.69, 9.17) is 0 Å². The first-order valence-corrected chi connectivity index (χ1v) is 8.81. The lowest BCUT2D eigenvalue weighted by atomic mass is 10.0. The lowest BCUT2D eigenvalue weighted by molar-refractivity contribution is -0.162. The van der Waals surface area contributed by atoms with Crippen molar-refractivity contribution in [1.29, 1.82) is 0 Å². The third-order valence-corrected chi connectivity index (χ3v) is 5.56. The monoisotopic (exact) mass is 383 g/mol. The molecule has 0 bridgehead atoms. The van der Waals surface area contributed by atoms with Crippen LogP contribution in [0.3, 0.4) is 0 Å². The van der Waals surface area contributed by atoms with Crippen LogP contribution in [-0.2, 0) is 4.74 Å². The molecule has 10 heteroatoms. The Bertz CT molecular complexity index is 825. The maximum Gasteiger partial charge on any atom is 0.422 e. The van der Waals surface area contributed by atoms with E-state index in [-0.39, 0.29) is 17.9 Å². The van der Waals surface area contributed by atoms with Crippen molar-refractivity contribution in [3.05, 3.63) is 18.6 Å². The van der Waals surface area contributed by atoms with Crippen molar-refractivity contribution in [2.24, 2.45) is 11.8 Å². The van der Waals surface area contributed by atoms with Gasteiger partial charge in [0.15, 0.2) is 6.61 Å². The normalized spacial score (nSPS) is 25.0. The maximum absolute atomic E-state index is 12.2. The Morgan fingerprint density at radius 3 is 2.70 bits per heavy atom. The Morgan fingerprint density at radius 1 is 1.33 bits per heavy atom. The second kappa shape index (κ2) is 6.58. The molecule has 7 nitrogen and oxygen atoms in total. The number of rotatable bonds is 3. The first-order chi connectivity index (χ1) is 12.8. The number of fused-ring (bicyclic) bond motifs is 2. The zero-order valence-electron chi connectivity index (χ0n) is 14.7. The molecule has 0 radical (unpaired) electrons. The molecule has 4 rings (SSSR count). The number of anilines is 1. The number of likely N-dealkylation sites (tertiary alicyclic amines) is 1. The van der Waals surface area contributed by atoms with Gasteiger partial charge in [-0.05, 0) is 30.7 Å². The molecule has 2 aromatic heterocycles. The molecule has 1 N–H and O–H groups in total. The van der Waals surface area contributed by atoms with Gasteiger partial charge in [0, 0.05) is 32.4 Å². The molecule has 2 aliphatic rings. The standard InChI is InChI=1S/C17H20F3N5O2/c1-24(15-13-2-3-21-14(13)22-9-23-15)12-4-10-6-25(7-11(10)5-12)16(26)27-8-17(18,19)20/h2-3,9-12H,4-8H2,1H3,(H,21,22,23)/t10-,11?,12?/m1/s1. The van der Waals surface area contributed by atoms with E-state index in [9.17, 15) is 18.0 Å². The van der Waals surface area contributed by atoms with Gasteiger partial charge in [-0.1, -0.05) is 0 Å². The number of aromatic amines is 1. The number of H-pyrrole nitrogens is 1. The number of halogens is 3. The molecule has 0 spiro atoms. The van der Waals surface area contributed by atoms with Crippen LogP contribution in [0.25, 0.3) is 11.0 Å². The summed E-state index contributed by atoms with van der Waals surface area (Å²) in [6, 6.07) is 2.20. The molecule has 1 amide bonds. The molecule has 1 aliphatic heterocycles. The Balaban J connectivity index is 1.37. The summed E-state index contributed by atoms with van der Waals surface area (Å²) in [5, 5.41) is 0.953. The van der Waals surface area contributed by atoms with E-state index >= 15 is 0 Å². The van der Waals surface area contributed by atoms with Crippen molar-refractivity contribution >= 4 is 22.9 Å². The number of nitrogens with one attached hydrogen (secondary N) is 1. The van der Waals surface area contributed by atoms with Crippen molar-refractivity contribution in [2.45, 2.75) is 25.1 Å². The summed E-state index contributed by atoms with van der Waals surface area (Å²) >= 11 is 0. The Labute approximate surface area is 153 Å². The van der Waals surface area contributed by atoms with E-state index in [0.717, 1.165) is 29.7 Å². The van der Waals surface area contributed by atoms with Gasteiger partial charge in [0.1, 0.15) is 17.8 Å². The van der Waals surface area contributed by atoms with E-state index in [0.29, 0.717) is 13.1 Å². The van der Waals surface area contributed by atoms with Crippen LogP contribution in [0.5, 0.6) is 0 Å². The fourth-order valence-corrected chi connectivity index (χ4v) is 4.28. The van der Waals surface area contributed by atoms with Gasteiger partial charge in [0.05, 0.1) is 5.39 Å². The molecule has 3 heterocycles. The van der Waals surface area contributed by atoms with Gasteiger partial charge in [-0.15, -0.1) is 0 Å². The fourth-order valence-electron chi connectivity index (χ4n) is 4.28. The zero-order chi connectivity index (χ0) is 19.2. The van der Waals surface area contributed by atoms with Crippen LogP contribution in [0, 0.1) is 11.8 Å². The molecule has 146 valence electrons. The van der Waals surface area contributed by atoms with Crippen molar-refractivity contribution in [2.75, 3.05) is 31.6 Å². The second-order valence-corrected chi connectivity index (χ2v) is 7.27. The number of alkyl halides is 3. The SMILES string of the molecule is CN(c1ncnc2[nH]ccc12)C1CC2CN(C(=O)OCC(F)(F)F)C[C@H]2C1. The molecule has 2 unspecified atom stereocenters. The second-order valence-electron chi connectivity index (χ2n) is 7.27. The van der Waals surface area contributed by atoms with Crippen LogP contribution < -0.4 is 4.90 Å². The molecular formula is C17H20F3N5O2. The molecule has 2 fully saturated rings. The van der Waals surface area contributed by atoms with E-state index < -0.39 is 18.9 Å². The Morgan fingerprint density at radius 2 is 2.04 bits per heavy atom. The van der Waals surface area contributed by atoms with E-state index in [1.54, 1.807) is 0 Å². The third-order valence-electron chi connectivity index (χ3n) is 5.56. The summed E-state index contributed by atoms with van der Waals surface area (Å²) in [5.74, 6) is 1.38. The van der Waals surface area contributed by atoms with Crippen LogP contribution in [0.1, 0.15) is 12.8 Å². The number of amides is 1. The molecule has 27 heavy (non-hydrogen) atoms. The van der Waals surface area contributed by atoms with Crippen LogP contribution in [0.15, 0.2) is 18.6 Å². The van der Waals surface area contributed by atoms with Crippen LogP contribution >= 0.6 is 0 Å². The summed E-state index contributed by atoms with van der Waals surface area (Å²) in [7, 11) is 2.00. The molecule has 0 aromatic carbocycles. The lowest BCUT2D eigenvalue weighted by Gasteiger charge is -2.27. The smallest absolute Gasteiger partial charge is 0.422 e. The molecule has 1 saturated carbocycles.